The van der Waals surface area contributed by atoms with Gasteiger partial charge in [-0.1, -0.05) is 67.4 Å². The number of nitrogens with two attached hydrogens (primary N) is 1. The Bertz CT molecular complexity index is 699. The number of rotatable bonds is 4. The van der Waals surface area contributed by atoms with E-state index in [-0.39, 0.29) is 23.9 Å². The van der Waals surface area contributed by atoms with E-state index in [0.29, 0.717) is 6.42 Å². The lowest BCUT2D eigenvalue weighted by Gasteiger charge is -2.49. The van der Waals surface area contributed by atoms with Crippen LogP contribution in [0.15, 0.2) is 61.2 Å². The second-order valence-electron chi connectivity index (χ2n) is 7.41. The van der Waals surface area contributed by atoms with E-state index >= 15 is 0 Å². The topological polar surface area (TPSA) is 36.8 Å². The summed E-state index contributed by atoms with van der Waals surface area (Å²) in [4.78, 5) is 0. The molecule has 0 aliphatic carbocycles. The molecule has 2 aromatic rings. The number of hydrogen-bond acceptors (Lipinski definition) is 1. The number of quaternary nitrogens is 1. The second kappa shape index (κ2) is 7.74. The Kier molecular flexibility index (Phi) is 5.78. The summed E-state index contributed by atoms with van der Waals surface area (Å²) in [5.74, 6) is 0.139. The Morgan fingerprint density at radius 1 is 0.923 bits per heavy atom. The molecular weight excluding hydrogens is 365 g/mol. The third-order valence-corrected chi connectivity index (χ3v) is 6.55. The maximum absolute atomic E-state index is 11.6. The van der Waals surface area contributed by atoms with Crippen LogP contribution in [0.1, 0.15) is 43.5 Å². The predicted molar refractivity (Wildman–Crippen MR) is 108 cm³/mol. The first-order valence-corrected chi connectivity index (χ1v) is 9.81. The maximum Gasteiger partial charge on any atom is 0.117 e. The zero-order valence-electron chi connectivity index (χ0n) is 15.2. The van der Waals surface area contributed by atoms with E-state index in [1.807, 2.05) is 30.3 Å². The van der Waals surface area contributed by atoms with Crippen LogP contribution in [0.3, 0.4) is 0 Å². The summed E-state index contributed by atoms with van der Waals surface area (Å²) in [5.41, 5.74) is 1.52. The molecule has 1 unspecified atom stereocenters. The summed E-state index contributed by atoms with van der Waals surface area (Å²) < 4.78 is 0. The van der Waals surface area contributed by atoms with Crippen LogP contribution in [0.4, 0.5) is 0 Å². The highest BCUT2D eigenvalue weighted by Crippen LogP contribution is 2.44. The molecule has 1 saturated heterocycles. The molecule has 0 radical (unpaired) electrons. The van der Waals surface area contributed by atoms with Gasteiger partial charge in [0.1, 0.15) is 12.1 Å². The van der Waals surface area contributed by atoms with Gasteiger partial charge in [-0.15, -0.1) is 6.58 Å². The first-order valence-electron chi connectivity index (χ1n) is 9.06. The van der Waals surface area contributed by atoms with E-state index in [1.165, 1.54) is 11.1 Å². The molecule has 2 nitrogen and oxygen atoms in total. The van der Waals surface area contributed by atoms with Gasteiger partial charge in [0.25, 0.3) is 0 Å². The van der Waals surface area contributed by atoms with Gasteiger partial charge in [-0.25, -0.2) is 0 Å². The number of hydrogen-bond donors (Lipinski definition) is 2. The van der Waals surface area contributed by atoms with E-state index in [2.05, 4.69) is 50.0 Å². The second-order valence-corrected chi connectivity index (χ2v) is 8.28. The molecule has 4 heteroatoms. The molecular formula is C22H26Cl2NO+. The molecule has 26 heavy (non-hydrogen) atoms. The quantitative estimate of drug-likeness (QED) is 0.713. The van der Waals surface area contributed by atoms with Crippen molar-refractivity contribution in [3.05, 3.63) is 82.4 Å². The molecule has 0 bridgehead atoms. The molecule has 0 aromatic heterocycles. The van der Waals surface area contributed by atoms with Crippen LogP contribution in [0.5, 0.6) is 0 Å². The van der Waals surface area contributed by atoms with E-state index in [9.17, 15) is 5.11 Å². The summed E-state index contributed by atoms with van der Waals surface area (Å²) >= 11 is 12.1. The Morgan fingerprint density at radius 2 is 1.31 bits per heavy atom. The van der Waals surface area contributed by atoms with Gasteiger partial charge in [0.15, 0.2) is 0 Å². The molecule has 0 spiro atoms. The van der Waals surface area contributed by atoms with Crippen molar-refractivity contribution in [1.29, 1.82) is 0 Å². The standard InChI is InChI=1S/C22H25Cl2NO/c1-4-13-22(26)14(2)20(16-5-9-18(23)10-6-16)25-21(15(22)3)17-7-11-19(24)12-8-17/h4-12,14-15,20-21,25-26H,1,13H2,2-3H3/p+1/t14-,15+,20-,21-,22?/m0/s1. The largest absolute Gasteiger partial charge is 0.388 e. The van der Waals surface area contributed by atoms with Crippen LogP contribution in [-0.4, -0.2) is 10.7 Å². The van der Waals surface area contributed by atoms with Crippen molar-refractivity contribution in [3.8, 4) is 0 Å². The predicted octanol–water partition coefficient (Wildman–Crippen LogP) is 4.93. The van der Waals surface area contributed by atoms with Crippen LogP contribution in [0.25, 0.3) is 0 Å². The molecule has 1 aliphatic rings. The van der Waals surface area contributed by atoms with Crippen molar-refractivity contribution < 1.29 is 10.4 Å². The minimum absolute atomic E-state index is 0.0697. The molecule has 5 atom stereocenters. The van der Waals surface area contributed by atoms with Crippen molar-refractivity contribution in [2.24, 2.45) is 11.8 Å². The van der Waals surface area contributed by atoms with Crippen molar-refractivity contribution >= 4 is 23.2 Å². The molecule has 0 saturated carbocycles. The van der Waals surface area contributed by atoms with Crippen LogP contribution in [0, 0.1) is 11.8 Å². The highest BCUT2D eigenvalue weighted by Gasteiger charge is 2.53. The van der Waals surface area contributed by atoms with Crippen LogP contribution in [-0.2, 0) is 0 Å². The summed E-state index contributed by atoms with van der Waals surface area (Å²) in [6, 6.07) is 16.2. The lowest BCUT2D eigenvalue weighted by Crippen LogP contribution is -2.93. The molecule has 2 aromatic carbocycles. The van der Waals surface area contributed by atoms with Crippen molar-refractivity contribution in [1.82, 2.24) is 0 Å². The zero-order valence-corrected chi connectivity index (χ0v) is 16.7. The SMILES string of the molecule is C=CCC1(O)[C@H](C)[C@@H](c2ccc(Cl)cc2)[NH2+][C@H](c2ccc(Cl)cc2)[C@@H]1C. The van der Waals surface area contributed by atoms with Crippen LogP contribution in [0.2, 0.25) is 10.0 Å². The number of benzene rings is 2. The maximum atomic E-state index is 11.6. The fraction of sp³-hybridized carbons (Fsp3) is 0.364. The highest BCUT2D eigenvalue weighted by molar-refractivity contribution is 6.30. The Balaban J connectivity index is 2.03. The van der Waals surface area contributed by atoms with Gasteiger partial charge in [-0.05, 0) is 30.7 Å². The number of aliphatic hydroxyl groups is 1. The smallest absolute Gasteiger partial charge is 0.117 e. The molecule has 1 fully saturated rings. The fourth-order valence-electron chi connectivity index (χ4n) is 4.37. The zero-order chi connectivity index (χ0) is 18.9. The summed E-state index contributed by atoms with van der Waals surface area (Å²) in [7, 11) is 0. The summed E-state index contributed by atoms with van der Waals surface area (Å²) in [6.45, 7) is 8.15. The Morgan fingerprint density at radius 3 is 1.65 bits per heavy atom. The third-order valence-electron chi connectivity index (χ3n) is 6.05. The van der Waals surface area contributed by atoms with Crippen LogP contribution >= 0.6 is 23.2 Å². The van der Waals surface area contributed by atoms with Gasteiger partial charge < -0.3 is 10.4 Å². The van der Waals surface area contributed by atoms with Gasteiger partial charge in [0.2, 0.25) is 0 Å². The minimum Gasteiger partial charge on any atom is -0.388 e. The number of halogens is 2. The van der Waals surface area contributed by atoms with E-state index in [1.54, 1.807) is 0 Å². The molecule has 1 aliphatic heterocycles. The van der Waals surface area contributed by atoms with Crippen LogP contribution < -0.4 is 5.32 Å². The highest BCUT2D eigenvalue weighted by atomic mass is 35.5. The third kappa shape index (κ3) is 3.57. The molecule has 138 valence electrons. The molecule has 1 heterocycles. The first-order chi connectivity index (χ1) is 12.4. The van der Waals surface area contributed by atoms with Gasteiger partial charge in [0.05, 0.1) is 5.60 Å². The average molecular weight is 391 g/mol. The normalized spacial score (nSPS) is 31.6. The van der Waals surface area contributed by atoms with Gasteiger partial charge in [-0.3, -0.25) is 0 Å². The van der Waals surface area contributed by atoms with E-state index < -0.39 is 5.60 Å². The van der Waals surface area contributed by atoms with E-state index in [4.69, 9.17) is 23.2 Å². The van der Waals surface area contributed by atoms with Gasteiger partial charge in [-0.2, -0.15) is 0 Å². The lowest BCUT2D eigenvalue weighted by molar-refractivity contribution is -0.764. The van der Waals surface area contributed by atoms with Crippen molar-refractivity contribution in [3.63, 3.8) is 0 Å². The lowest BCUT2D eigenvalue weighted by atomic mass is 9.65. The molecule has 0 amide bonds. The van der Waals surface area contributed by atoms with Gasteiger partial charge in [0, 0.05) is 33.0 Å². The van der Waals surface area contributed by atoms with E-state index in [0.717, 1.165) is 10.0 Å². The fourth-order valence-corrected chi connectivity index (χ4v) is 4.62. The van der Waals surface area contributed by atoms with Crippen molar-refractivity contribution in [2.45, 2.75) is 38.0 Å². The summed E-state index contributed by atoms with van der Waals surface area (Å²) in [5, 5.41) is 15.5. The Labute approximate surface area is 165 Å². The molecule has 3 N–H and O–H groups in total. The van der Waals surface area contributed by atoms with Gasteiger partial charge >= 0.3 is 0 Å². The Hall–Kier alpha value is -1.32. The first kappa shape index (κ1) is 19.4. The van der Waals surface area contributed by atoms with Crippen molar-refractivity contribution in [2.75, 3.05) is 0 Å². The number of piperidine rings is 1. The molecule has 3 rings (SSSR count). The average Bonchev–Trinajstić information content (AvgIpc) is 2.63. The monoisotopic (exact) mass is 390 g/mol. The summed E-state index contributed by atoms with van der Waals surface area (Å²) in [6.07, 6.45) is 2.40. The minimum atomic E-state index is -0.828.